The normalized spacial score (nSPS) is 11.5. The second-order valence-electron chi connectivity index (χ2n) is 6.91. The molecule has 0 bridgehead atoms. The molecular weight excluding hydrogens is 328 g/mol. The van der Waals surface area contributed by atoms with Crippen molar-refractivity contribution in [2.24, 2.45) is 4.99 Å². The highest BCUT2D eigenvalue weighted by atomic mass is 16.6. The van der Waals surface area contributed by atoms with Crippen LogP contribution in [0.2, 0.25) is 0 Å². The van der Waals surface area contributed by atoms with Crippen LogP contribution in [0, 0.1) is 12.3 Å². The number of rotatable bonds is 6. The second-order valence-corrected chi connectivity index (χ2v) is 6.91. The van der Waals surface area contributed by atoms with E-state index in [4.69, 9.17) is 11.2 Å². The average molecular weight is 358 g/mol. The molecule has 0 aliphatic heterocycles. The van der Waals surface area contributed by atoms with Crippen LogP contribution in [0.4, 0.5) is 4.79 Å². The average Bonchev–Trinajstić information content (AvgIpc) is 2.57. The topological polar surface area (TPSA) is 66.0 Å². The van der Waals surface area contributed by atoms with Gasteiger partial charge in [0.05, 0.1) is 13.1 Å². The van der Waals surface area contributed by atoms with Gasteiger partial charge in [0.15, 0.2) is 5.96 Å². The van der Waals surface area contributed by atoms with E-state index in [1.807, 2.05) is 52.0 Å². The molecular formula is C20H30N4O2. The van der Waals surface area contributed by atoms with Crippen molar-refractivity contribution in [2.45, 2.75) is 46.4 Å². The minimum atomic E-state index is -0.495. The maximum absolute atomic E-state index is 12.0. The summed E-state index contributed by atoms with van der Waals surface area (Å²) in [6.45, 7) is 9.81. The third kappa shape index (κ3) is 8.43. The summed E-state index contributed by atoms with van der Waals surface area (Å²) >= 11 is 0. The maximum Gasteiger partial charge on any atom is 0.410 e. The number of nitrogens with zero attached hydrogens (tertiary/aromatic N) is 2. The van der Waals surface area contributed by atoms with E-state index in [-0.39, 0.29) is 6.09 Å². The van der Waals surface area contributed by atoms with Crippen LogP contribution < -0.4 is 10.6 Å². The fourth-order valence-electron chi connectivity index (χ4n) is 2.08. The van der Waals surface area contributed by atoms with Crippen molar-refractivity contribution in [1.29, 1.82) is 0 Å². The monoisotopic (exact) mass is 358 g/mol. The minimum absolute atomic E-state index is 0.332. The van der Waals surface area contributed by atoms with Gasteiger partial charge in [0.25, 0.3) is 0 Å². The zero-order valence-electron chi connectivity index (χ0n) is 16.4. The van der Waals surface area contributed by atoms with E-state index in [1.165, 1.54) is 0 Å². The van der Waals surface area contributed by atoms with E-state index in [2.05, 4.69) is 21.5 Å². The summed E-state index contributed by atoms with van der Waals surface area (Å²) in [4.78, 5) is 18.1. The van der Waals surface area contributed by atoms with E-state index >= 15 is 0 Å². The van der Waals surface area contributed by atoms with Crippen molar-refractivity contribution >= 4 is 12.1 Å². The number of terminal acetylenes is 1. The summed E-state index contributed by atoms with van der Waals surface area (Å²) in [5.74, 6) is 3.22. The molecule has 0 spiro atoms. The molecule has 1 amide bonds. The first-order chi connectivity index (χ1) is 12.2. The highest BCUT2D eigenvalue weighted by Crippen LogP contribution is 2.12. The Morgan fingerprint density at radius 3 is 2.38 bits per heavy atom. The number of carbonyl (C=O) groups excluding carboxylic acids is 1. The lowest BCUT2D eigenvalue weighted by Crippen LogP contribution is -2.37. The van der Waals surface area contributed by atoms with Crippen molar-refractivity contribution in [3.63, 3.8) is 0 Å². The number of amides is 1. The number of carbonyl (C=O) groups is 1. The Kier molecular flexibility index (Phi) is 8.50. The molecule has 0 aromatic heterocycles. The van der Waals surface area contributed by atoms with E-state index in [0.717, 1.165) is 17.7 Å². The molecule has 0 aliphatic rings. The highest BCUT2D eigenvalue weighted by molar-refractivity contribution is 5.79. The second kappa shape index (κ2) is 10.3. The Morgan fingerprint density at radius 1 is 1.23 bits per heavy atom. The fourth-order valence-corrected chi connectivity index (χ4v) is 2.08. The zero-order chi connectivity index (χ0) is 19.6. The van der Waals surface area contributed by atoms with Gasteiger partial charge in [-0.3, -0.25) is 0 Å². The Morgan fingerprint density at radius 2 is 1.85 bits per heavy atom. The lowest BCUT2D eigenvalue weighted by atomic mass is 10.1. The van der Waals surface area contributed by atoms with Gasteiger partial charge in [-0.05, 0) is 38.8 Å². The van der Waals surface area contributed by atoms with Crippen LogP contribution in [-0.2, 0) is 17.8 Å². The minimum Gasteiger partial charge on any atom is -0.444 e. The van der Waals surface area contributed by atoms with Crippen LogP contribution >= 0.6 is 0 Å². The smallest absolute Gasteiger partial charge is 0.410 e. The molecule has 1 aromatic rings. The number of hydrogen-bond acceptors (Lipinski definition) is 3. The summed E-state index contributed by atoms with van der Waals surface area (Å²) in [7, 11) is 1.73. The lowest BCUT2D eigenvalue weighted by molar-refractivity contribution is 0.0285. The number of aliphatic imine (C=N–C) groups is 1. The third-order valence-corrected chi connectivity index (χ3v) is 3.27. The Labute approximate surface area is 157 Å². The van der Waals surface area contributed by atoms with Crippen molar-refractivity contribution < 1.29 is 9.53 Å². The summed E-state index contributed by atoms with van der Waals surface area (Å²) in [6, 6.07) is 8.00. The molecule has 142 valence electrons. The molecule has 0 atom stereocenters. The number of hydrogen-bond donors (Lipinski definition) is 2. The van der Waals surface area contributed by atoms with Gasteiger partial charge in [-0.15, -0.1) is 6.42 Å². The van der Waals surface area contributed by atoms with Crippen molar-refractivity contribution in [2.75, 3.05) is 20.1 Å². The molecule has 26 heavy (non-hydrogen) atoms. The number of ether oxygens (including phenoxy) is 1. The highest BCUT2D eigenvalue weighted by Gasteiger charge is 2.19. The molecule has 0 fully saturated rings. The summed E-state index contributed by atoms with van der Waals surface area (Å²) in [5, 5.41) is 6.20. The lowest BCUT2D eigenvalue weighted by Gasteiger charge is -2.24. The van der Waals surface area contributed by atoms with Crippen LogP contribution in [0.1, 0.15) is 38.8 Å². The SMILES string of the molecule is C#CCNC(=NCc1ccc(CN(C)C(=O)OC(C)(C)C)cc1)NCC. The molecule has 1 aromatic carbocycles. The largest absolute Gasteiger partial charge is 0.444 e. The Hall–Kier alpha value is -2.68. The number of nitrogens with one attached hydrogen (secondary N) is 2. The fraction of sp³-hybridized carbons (Fsp3) is 0.500. The van der Waals surface area contributed by atoms with Gasteiger partial charge < -0.3 is 20.3 Å². The predicted octanol–water partition coefficient (Wildman–Crippen LogP) is 2.74. The predicted molar refractivity (Wildman–Crippen MR) is 106 cm³/mol. The molecule has 0 aliphatic carbocycles. The van der Waals surface area contributed by atoms with Gasteiger partial charge in [-0.1, -0.05) is 30.2 Å². The summed E-state index contributed by atoms with van der Waals surface area (Å²) in [5.41, 5.74) is 1.61. The molecule has 1 rings (SSSR count). The molecule has 6 nitrogen and oxygen atoms in total. The standard InChI is InChI=1S/C20H30N4O2/c1-7-13-22-18(21-8-2)23-14-16-9-11-17(12-10-16)15-24(6)19(25)26-20(3,4)5/h1,9-12H,8,13-15H2,2-6H3,(H2,21,22,23). The molecule has 6 heteroatoms. The van der Waals surface area contributed by atoms with Crippen LogP contribution in [-0.4, -0.2) is 42.7 Å². The molecule has 0 radical (unpaired) electrons. The van der Waals surface area contributed by atoms with Crippen molar-refractivity contribution in [3.05, 3.63) is 35.4 Å². The van der Waals surface area contributed by atoms with E-state index in [1.54, 1.807) is 11.9 Å². The van der Waals surface area contributed by atoms with Crippen molar-refractivity contribution in [1.82, 2.24) is 15.5 Å². The number of guanidine groups is 1. The van der Waals surface area contributed by atoms with Gasteiger partial charge in [0.2, 0.25) is 0 Å². The molecule has 0 saturated heterocycles. The molecule has 2 N–H and O–H groups in total. The van der Waals surface area contributed by atoms with Gasteiger partial charge in [0, 0.05) is 20.1 Å². The van der Waals surface area contributed by atoms with Crippen LogP contribution in [0.5, 0.6) is 0 Å². The quantitative estimate of drug-likeness (QED) is 0.466. The van der Waals surface area contributed by atoms with E-state index in [0.29, 0.717) is 25.6 Å². The van der Waals surface area contributed by atoms with Crippen LogP contribution in [0.25, 0.3) is 0 Å². The Balaban J connectivity index is 2.62. The maximum atomic E-state index is 12.0. The molecule has 0 heterocycles. The molecule has 0 saturated carbocycles. The first-order valence-electron chi connectivity index (χ1n) is 8.72. The van der Waals surface area contributed by atoms with Crippen LogP contribution in [0.15, 0.2) is 29.3 Å². The molecule has 0 unspecified atom stereocenters. The van der Waals surface area contributed by atoms with Crippen molar-refractivity contribution in [3.8, 4) is 12.3 Å². The zero-order valence-corrected chi connectivity index (χ0v) is 16.4. The first-order valence-corrected chi connectivity index (χ1v) is 8.72. The van der Waals surface area contributed by atoms with Gasteiger partial charge in [0.1, 0.15) is 5.60 Å². The van der Waals surface area contributed by atoms with Crippen LogP contribution in [0.3, 0.4) is 0 Å². The Bertz CT molecular complexity index is 639. The van der Waals surface area contributed by atoms with E-state index in [9.17, 15) is 4.79 Å². The summed E-state index contributed by atoms with van der Waals surface area (Å²) in [6.07, 6.45) is 4.93. The van der Waals surface area contributed by atoms with Gasteiger partial charge >= 0.3 is 6.09 Å². The van der Waals surface area contributed by atoms with Gasteiger partial charge in [-0.2, -0.15) is 0 Å². The van der Waals surface area contributed by atoms with Gasteiger partial charge in [-0.25, -0.2) is 9.79 Å². The first kappa shape index (κ1) is 21.4. The third-order valence-electron chi connectivity index (χ3n) is 3.27. The summed E-state index contributed by atoms with van der Waals surface area (Å²) < 4.78 is 5.36. The number of benzene rings is 1. The van der Waals surface area contributed by atoms with E-state index < -0.39 is 5.60 Å².